The number of esters is 1. The van der Waals surface area contributed by atoms with Gasteiger partial charge in [-0.25, -0.2) is 0 Å². The average molecular weight is 341 g/mol. The Morgan fingerprint density at radius 3 is 2.64 bits per heavy atom. The largest absolute Gasteiger partial charge is 0.466 e. The fourth-order valence-electron chi connectivity index (χ4n) is 3.48. The van der Waals surface area contributed by atoms with Crippen LogP contribution in [0.25, 0.3) is 11.1 Å². The Hall–Kier alpha value is -2.43. The van der Waals surface area contributed by atoms with Crippen LogP contribution in [0, 0.1) is 19.8 Å². The van der Waals surface area contributed by atoms with Gasteiger partial charge in [-0.15, -0.1) is 0 Å². The van der Waals surface area contributed by atoms with Crippen molar-refractivity contribution in [1.29, 1.82) is 0 Å². The van der Waals surface area contributed by atoms with Crippen LogP contribution < -0.4 is 15.8 Å². The van der Waals surface area contributed by atoms with Crippen LogP contribution in [0.4, 0.5) is 5.69 Å². The van der Waals surface area contributed by atoms with Crippen LogP contribution in [-0.4, -0.2) is 25.7 Å². The van der Waals surface area contributed by atoms with Gasteiger partial charge in [-0.2, -0.15) is 0 Å². The Bertz CT molecular complexity index is 876. The van der Waals surface area contributed by atoms with Crippen molar-refractivity contribution >= 4 is 11.7 Å². The van der Waals surface area contributed by atoms with Gasteiger partial charge in [0, 0.05) is 13.1 Å². The summed E-state index contributed by atoms with van der Waals surface area (Å²) in [6.07, 6.45) is 1.55. The van der Waals surface area contributed by atoms with Gasteiger partial charge in [0.2, 0.25) is 10.9 Å². The first-order valence-corrected chi connectivity index (χ1v) is 8.76. The van der Waals surface area contributed by atoms with Crippen LogP contribution in [-0.2, 0) is 9.53 Å². The molecule has 5 heteroatoms. The van der Waals surface area contributed by atoms with Gasteiger partial charge in [-0.3, -0.25) is 14.4 Å². The molecule has 0 radical (unpaired) electrons. The highest BCUT2D eigenvalue weighted by Gasteiger charge is 2.33. The second kappa shape index (κ2) is 6.82. The van der Waals surface area contributed by atoms with Crippen LogP contribution in [0.2, 0.25) is 0 Å². The minimum atomic E-state index is -0.447. The maximum absolute atomic E-state index is 12.2. The predicted molar refractivity (Wildman–Crippen MR) is 97.8 cm³/mol. The molecule has 0 aromatic heterocycles. The van der Waals surface area contributed by atoms with Crippen molar-refractivity contribution in [2.45, 2.75) is 33.6 Å². The van der Waals surface area contributed by atoms with E-state index < -0.39 is 10.9 Å². The van der Waals surface area contributed by atoms with Gasteiger partial charge in [-0.05, 0) is 50.3 Å². The second-order valence-electron chi connectivity index (χ2n) is 6.72. The van der Waals surface area contributed by atoms with E-state index in [4.69, 9.17) is 4.74 Å². The molecule has 0 spiro atoms. The molecule has 1 fully saturated rings. The summed E-state index contributed by atoms with van der Waals surface area (Å²) in [6, 6.07) is 5.79. The van der Waals surface area contributed by atoms with Gasteiger partial charge in [0.25, 0.3) is 0 Å². The molecule has 3 rings (SSSR count). The average Bonchev–Trinajstić information content (AvgIpc) is 2.61. The van der Waals surface area contributed by atoms with E-state index in [0.29, 0.717) is 30.9 Å². The van der Waals surface area contributed by atoms with Crippen molar-refractivity contribution in [3.8, 4) is 11.1 Å². The van der Waals surface area contributed by atoms with E-state index in [2.05, 4.69) is 0 Å². The first kappa shape index (κ1) is 17.4. The number of benzene rings is 1. The molecule has 1 saturated heterocycles. The van der Waals surface area contributed by atoms with Crippen molar-refractivity contribution in [2.24, 2.45) is 5.92 Å². The van der Waals surface area contributed by atoms with E-state index >= 15 is 0 Å². The lowest BCUT2D eigenvalue weighted by atomic mass is 9.92. The van der Waals surface area contributed by atoms with Crippen molar-refractivity contribution in [3.63, 3.8) is 0 Å². The van der Waals surface area contributed by atoms with E-state index in [0.717, 1.165) is 29.5 Å². The molecule has 2 aromatic carbocycles. The topological polar surface area (TPSA) is 63.7 Å². The van der Waals surface area contributed by atoms with Gasteiger partial charge in [-0.1, -0.05) is 18.2 Å². The predicted octanol–water partition coefficient (Wildman–Crippen LogP) is 2.35. The summed E-state index contributed by atoms with van der Waals surface area (Å²) in [5.41, 5.74) is 3.07. The summed E-state index contributed by atoms with van der Waals surface area (Å²) in [5, 5.41) is 0. The van der Waals surface area contributed by atoms with Crippen LogP contribution in [0.15, 0.2) is 27.8 Å². The minimum absolute atomic E-state index is 0.223. The van der Waals surface area contributed by atoms with E-state index in [9.17, 15) is 14.4 Å². The molecule has 1 aliphatic heterocycles. The Labute approximate surface area is 146 Å². The lowest BCUT2D eigenvalue weighted by Gasteiger charge is -2.34. The molecule has 1 heterocycles. The summed E-state index contributed by atoms with van der Waals surface area (Å²) < 4.78 is 5.12. The molecule has 0 unspecified atom stereocenters. The van der Waals surface area contributed by atoms with Gasteiger partial charge in [0.05, 0.1) is 18.1 Å². The van der Waals surface area contributed by atoms with Crippen molar-refractivity contribution in [2.75, 3.05) is 24.6 Å². The number of carbonyl (C=O) groups is 1. The summed E-state index contributed by atoms with van der Waals surface area (Å²) in [5.74, 6) is -0.468. The summed E-state index contributed by atoms with van der Waals surface area (Å²) >= 11 is 0. The quantitative estimate of drug-likeness (QED) is 0.631. The molecular formula is C20H23NO4. The van der Waals surface area contributed by atoms with Crippen LogP contribution in [0.5, 0.6) is 0 Å². The molecule has 0 amide bonds. The molecule has 0 N–H and O–H groups in total. The lowest BCUT2D eigenvalue weighted by molar-refractivity contribution is -0.148. The number of aryl methyl sites for hydroxylation is 2. The molecule has 0 saturated carbocycles. The standard InChI is InChI=1S/C20H23NO4/c1-4-25-20(24)15-6-5-9-21(11-15)17-16(18(22)19(17)23)14-8-7-12(2)13(3)10-14/h7-8,10,15H,4-6,9,11H2,1-3H3/t15-/m1/s1. The Balaban J connectivity index is 1.92. The molecule has 132 valence electrons. The number of piperidine rings is 1. The fourth-order valence-corrected chi connectivity index (χ4v) is 3.48. The molecule has 1 aliphatic rings. The molecule has 5 nitrogen and oxygen atoms in total. The SMILES string of the molecule is CCOC(=O)[C@@H]1CCCN(c2c(-c3ccc(C)c(C)c3)c(=O)c2=O)C1. The number of carbonyl (C=O) groups excluding carboxylic acids is 1. The monoisotopic (exact) mass is 341 g/mol. The van der Waals surface area contributed by atoms with Gasteiger partial charge in [0.1, 0.15) is 5.69 Å². The maximum atomic E-state index is 12.2. The first-order valence-electron chi connectivity index (χ1n) is 8.76. The highest BCUT2D eigenvalue weighted by atomic mass is 16.5. The number of nitrogens with zero attached hydrogens (tertiary/aromatic N) is 1. The zero-order valence-electron chi connectivity index (χ0n) is 14.9. The molecule has 2 aromatic rings. The van der Waals surface area contributed by atoms with Gasteiger partial charge < -0.3 is 9.64 Å². The third-order valence-electron chi connectivity index (χ3n) is 5.04. The minimum Gasteiger partial charge on any atom is -0.466 e. The fraction of sp³-hybridized carbons (Fsp3) is 0.450. The highest BCUT2D eigenvalue weighted by Crippen LogP contribution is 2.31. The number of rotatable bonds is 4. The summed E-state index contributed by atoms with van der Waals surface area (Å²) in [7, 11) is 0. The third-order valence-corrected chi connectivity index (χ3v) is 5.04. The van der Waals surface area contributed by atoms with E-state index in [1.807, 2.05) is 36.9 Å². The number of hydrogen-bond acceptors (Lipinski definition) is 5. The normalized spacial score (nSPS) is 17.7. The maximum Gasteiger partial charge on any atom is 0.310 e. The third kappa shape index (κ3) is 3.11. The second-order valence-corrected chi connectivity index (χ2v) is 6.72. The highest BCUT2D eigenvalue weighted by molar-refractivity contribution is 5.84. The number of ether oxygens (including phenoxy) is 1. The Morgan fingerprint density at radius 1 is 1.20 bits per heavy atom. The van der Waals surface area contributed by atoms with Gasteiger partial charge >= 0.3 is 5.97 Å². The molecule has 25 heavy (non-hydrogen) atoms. The van der Waals surface area contributed by atoms with Crippen LogP contribution in [0.1, 0.15) is 30.9 Å². The number of anilines is 1. The summed E-state index contributed by atoms with van der Waals surface area (Å²) in [6.45, 7) is 7.24. The molecule has 0 bridgehead atoms. The van der Waals surface area contributed by atoms with Crippen molar-refractivity contribution in [1.82, 2.24) is 0 Å². The number of hydrogen-bond donors (Lipinski definition) is 0. The molecule has 0 aliphatic carbocycles. The van der Waals surface area contributed by atoms with Crippen LogP contribution in [0.3, 0.4) is 0 Å². The lowest BCUT2D eigenvalue weighted by Crippen LogP contribution is -2.47. The zero-order chi connectivity index (χ0) is 18.1. The van der Waals surface area contributed by atoms with E-state index in [1.54, 1.807) is 6.92 Å². The van der Waals surface area contributed by atoms with Crippen LogP contribution >= 0.6 is 0 Å². The van der Waals surface area contributed by atoms with E-state index in [-0.39, 0.29) is 11.9 Å². The zero-order valence-corrected chi connectivity index (χ0v) is 14.9. The Morgan fingerprint density at radius 2 is 1.96 bits per heavy atom. The van der Waals surface area contributed by atoms with Crippen molar-refractivity contribution in [3.05, 3.63) is 49.8 Å². The van der Waals surface area contributed by atoms with Gasteiger partial charge in [0.15, 0.2) is 0 Å². The smallest absolute Gasteiger partial charge is 0.310 e. The summed E-state index contributed by atoms with van der Waals surface area (Å²) in [4.78, 5) is 38.4. The molecule has 1 atom stereocenters. The van der Waals surface area contributed by atoms with E-state index in [1.165, 1.54) is 0 Å². The Kier molecular flexibility index (Phi) is 4.75. The first-order chi connectivity index (χ1) is 11.9. The van der Waals surface area contributed by atoms with Crippen molar-refractivity contribution < 1.29 is 9.53 Å². The molecular weight excluding hydrogens is 318 g/mol.